The number of hydrogen-bond acceptors (Lipinski definition) is 3. The molecular formula is C21H34O2S. The summed E-state index contributed by atoms with van der Waals surface area (Å²) in [6.07, 6.45) is 11.7. The number of carbonyl (C=O) groups excluding carboxylic acids is 1. The van der Waals surface area contributed by atoms with E-state index in [2.05, 4.69) is 29.3 Å². The number of carbonyl (C=O) groups is 1. The number of thioether (sulfide) groups is 1. The predicted octanol–water partition coefficient (Wildman–Crippen LogP) is 6.29. The van der Waals surface area contributed by atoms with Crippen LogP contribution in [0.2, 0.25) is 0 Å². The van der Waals surface area contributed by atoms with Crippen molar-refractivity contribution in [3.05, 3.63) is 0 Å². The van der Waals surface area contributed by atoms with Crippen LogP contribution in [0.5, 0.6) is 0 Å². The molecule has 0 spiro atoms. The Morgan fingerprint density at radius 2 is 1.42 bits per heavy atom. The summed E-state index contributed by atoms with van der Waals surface area (Å²) in [5.41, 5.74) is -0.367. The van der Waals surface area contributed by atoms with Gasteiger partial charge >= 0.3 is 5.97 Å². The van der Waals surface area contributed by atoms with Crippen LogP contribution in [0.4, 0.5) is 0 Å². The van der Waals surface area contributed by atoms with Gasteiger partial charge in [-0.1, -0.05) is 50.9 Å². The number of unbranched alkanes of at least 4 members (excludes halogenated alkanes) is 8. The van der Waals surface area contributed by atoms with Gasteiger partial charge in [0.15, 0.2) is 0 Å². The number of rotatable bonds is 10. The van der Waals surface area contributed by atoms with E-state index in [9.17, 15) is 4.79 Å². The standard InChI is InChI=1S/C21H34O2S/c1-5-6-7-12-15-18-24-19-16-13-10-8-9-11-14-17-20(22)23-21(2,3)4/h5-14,17H2,1-4H3. The Bertz CT molecular complexity index is 440. The van der Waals surface area contributed by atoms with Gasteiger partial charge in [-0.3, -0.25) is 4.79 Å². The number of hydrogen-bond donors (Lipinski definition) is 0. The molecule has 0 unspecified atom stereocenters. The zero-order chi connectivity index (χ0) is 18.1. The van der Waals surface area contributed by atoms with Crippen LogP contribution in [0.3, 0.4) is 0 Å². The molecule has 3 heteroatoms. The summed E-state index contributed by atoms with van der Waals surface area (Å²) in [7, 11) is 0. The van der Waals surface area contributed by atoms with Crippen LogP contribution in [0.25, 0.3) is 0 Å². The fraction of sp³-hybridized carbons (Fsp3) is 0.762. The maximum absolute atomic E-state index is 11.5. The summed E-state index contributed by atoms with van der Waals surface area (Å²) in [5.74, 6) is 6.22. The molecule has 24 heavy (non-hydrogen) atoms. The molecular weight excluding hydrogens is 316 g/mol. The molecule has 0 rings (SSSR count). The van der Waals surface area contributed by atoms with Gasteiger partial charge < -0.3 is 4.74 Å². The van der Waals surface area contributed by atoms with E-state index in [-0.39, 0.29) is 11.6 Å². The molecule has 0 saturated heterocycles. The van der Waals surface area contributed by atoms with Crippen molar-refractivity contribution in [2.45, 2.75) is 104 Å². The van der Waals surface area contributed by atoms with Gasteiger partial charge in [-0.25, -0.2) is 0 Å². The summed E-state index contributed by atoms with van der Waals surface area (Å²) in [5, 5.41) is 6.09. The Labute approximate surface area is 153 Å². The van der Waals surface area contributed by atoms with E-state index in [1.54, 1.807) is 0 Å². The first-order valence-electron chi connectivity index (χ1n) is 9.29. The normalized spacial score (nSPS) is 10.3. The highest BCUT2D eigenvalue weighted by molar-refractivity contribution is 8.08. The largest absolute Gasteiger partial charge is 0.460 e. The second-order valence-corrected chi connectivity index (χ2v) is 7.58. The quantitative estimate of drug-likeness (QED) is 0.263. The van der Waals surface area contributed by atoms with E-state index < -0.39 is 0 Å². The Hall–Kier alpha value is -1.06. The van der Waals surface area contributed by atoms with Crippen molar-refractivity contribution in [1.29, 1.82) is 0 Å². The molecule has 0 N–H and O–H groups in total. The lowest BCUT2D eigenvalue weighted by Crippen LogP contribution is -2.23. The molecule has 0 atom stereocenters. The van der Waals surface area contributed by atoms with E-state index in [1.807, 2.05) is 20.8 Å². The van der Waals surface area contributed by atoms with E-state index in [1.165, 1.54) is 37.4 Å². The molecule has 0 fully saturated rings. The third-order valence-corrected chi connectivity index (χ3v) is 3.75. The van der Waals surface area contributed by atoms with Gasteiger partial charge in [0.25, 0.3) is 0 Å². The second-order valence-electron chi connectivity index (χ2n) is 6.97. The predicted molar refractivity (Wildman–Crippen MR) is 105 cm³/mol. The fourth-order valence-corrected chi connectivity index (χ4v) is 2.47. The Balaban J connectivity index is 3.40. The molecule has 0 saturated carbocycles. The lowest BCUT2D eigenvalue weighted by molar-refractivity contribution is -0.154. The van der Waals surface area contributed by atoms with Crippen LogP contribution < -0.4 is 0 Å². The van der Waals surface area contributed by atoms with E-state index in [0.717, 1.165) is 38.5 Å². The average molecular weight is 351 g/mol. The van der Waals surface area contributed by atoms with Crippen molar-refractivity contribution in [1.82, 2.24) is 0 Å². The van der Waals surface area contributed by atoms with Crippen molar-refractivity contribution in [2.24, 2.45) is 0 Å². The lowest BCUT2D eigenvalue weighted by atomic mass is 10.1. The minimum absolute atomic E-state index is 0.0822. The molecule has 0 aromatic carbocycles. The van der Waals surface area contributed by atoms with Crippen molar-refractivity contribution in [2.75, 3.05) is 0 Å². The highest BCUT2D eigenvalue weighted by atomic mass is 32.2. The minimum atomic E-state index is -0.367. The summed E-state index contributed by atoms with van der Waals surface area (Å²) in [6, 6.07) is 0. The summed E-state index contributed by atoms with van der Waals surface area (Å²) in [4.78, 5) is 11.5. The lowest BCUT2D eigenvalue weighted by Gasteiger charge is -2.19. The molecule has 0 heterocycles. The average Bonchev–Trinajstić information content (AvgIpc) is 2.49. The molecule has 0 radical (unpaired) electrons. The molecule has 0 amide bonds. The van der Waals surface area contributed by atoms with Gasteiger partial charge in [0.1, 0.15) is 5.60 Å². The van der Waals surface area contributed by atoms with Crippen LogP contribution in [-0.4, -0.2) is 11.6 Å². The first kappa shape index (κ1) is 22.9. The fourth-order valence-electron chi connectivity index (χ4n) is 2.07. The molecule has 0 aromatic heterocycles. The third kappa shape index (κ3) is 19.0. The monoisotopic (exact) mass is 350 g/mol. The Morgan fingerprint density at radius 1 is 0.875 bits per heavy atom. The van der Waals surface area contributed by atoms with E-state index in [0.29, 0.717) is 6.42 Å². The maximum atomic E-state index is 11.5. The van der Waals surface area contributed by atoms with Crippen molar-refractivity contribution in [3.8, 4) is 22.3 Å². The number of ether oxygens (including phenoxy) is 1. The van der Waals surface area contributed by atoms with Crippen LogP contribution in [0, 0.1) is 22.3 Å². The summed E-state index contributed by atoms with van der Waals surface area (Å²) < 4.78 is 5.29. The van der Waals surface area contributed by atoms with Crippen molar-refractivity contribution < 1.29 is 9.53 Å². The van der Waals surface area contributed by atoms with Crippen molar-refractivity contribution in [3.63, 3.8) is 0 Å². The van der Waals surface area contributed by atoms with Gasteiger partial charge in [0.2, 0.25) is 0 Å². The first-order valence-corrected chi connectivity index (χ1v) is 10.1. The van der Waals surface area contributed by atoms with E-state index >= 15 is 0 Å². The van der Waals surface area contributed by atoms with Gasteiger partial charge in [0, 0.05) is 31.0 Å². The summed E-state index contributed by atoms with van der Waals surface area (Å²) in [6.45, 7) is 7.92. The molecule has 0 aliphatic heterocycles. The summed E-state index contributed by atoms with van der Waals surface area (Å²) >= 11 is 1.42. The van der Waals surface area contributed by atoms with Gasteiger partial charge in [-0.15, -0.1) is 0 Å². The molecule has 2 nitrogen and oxygen atoms in total. The highest BCUT2D eigenvalue weighted by Gasteiger charge is 2.15. The van der Waals surface area contributed by atoms with E-state index in [4.69, 9.17) is 4.74 Å². The topological polar surface area (TPSA) is 26.3 Å². The highest BCUT2D eigenvalue weighted by Crippen LogP contribution is 2.12. The van der Waals surface area contributed by atoms with Crippen LogP contribution >= 0.6 is 11.8 Å². The van der Waals surface area contributed by atoms with Gasteiger partial charge in [0.05, 0.1) is 0 Å². The van der Waals surface area contributed by atoms with Crippen molar-refractivity contribution >= 4 is 17.7 Å². The third-order valence-electron chi connectivity index (χ3n) is 3.25. The smallest absolute Gasteiger partial charge is 0.306 e. The molecule has 0 aliphatic carbocycles. The maximum Gasteiger partial charge on any atom is 0.306 e. The van der Waals surface area contributed by atoms with Crippen LogP contribution in [0.15, 0.2) is 0 Å². The molecule has 0 bridgehead atoms. The number of esters is 1. The molecule has 136 valence electrons. The zero-order valence-electron chi connectivity index (χ0n) is 16.0. The minimum Gasteiger partial charge on any atom is -0.460 e. The SMILES string of the molecule is CCCCCC#CSC#CCCCCCCCC(=O)OC(C)(C)C. The molecule has 0 aromatic rings. The molecule has 0 aliphatic rings. The first-order chi connectivity index (χ1) is 11.5. The van der Waals surface area contributed by atoms with Gasteiger partial charge in [-0.05, 0) is 50.5 Å². The van der Waals surface area contributed by atoms with Crippen LogP contribution in [0.1, 0.15) is 98.3 Å². The Morgan fingerprint density at radius 3 is 2.00 bits per heavy atom. The van der Waals surface area contributed by atoms with Crippen LogP contribution in [-0.2, 0) is 9.53 Å². The Kier molecular flexibility index (Phi) is 14.8. The van der Waals surface area contributed by atoms with Gasteiger partial charge in [-0.2, -0.15) is 0 Å². The zero-order valence-corrected chi connectivity index (χ0v) is 16.8. The second kappa shape index (κ2) is 15.5.